The van der Waals surface area contributed by atoms with Crippen molar-refractivity contribution in [2.24, 2.45) is 0 Å². The maximum atomic E-state index is 13.6. The molecule has 10 rings (SSSR count). The third-order valence-electron chi connectivity index (χ3n) is 11.6. The summed E-state index contributed by atoms with van der Waals surface area (Å²) in [4.78, 5) is 45.8. The van der Waals surface area contributed by atoms with Gasteiger partial charge in [-0.2, -0.15) is 0 Å². The van der Waals surface area contributed by atoms with Gasteiger partial charge in [-0.05, 0) is 74.8 Å². The van der Waals surface area contributed by atoms with E-state index in [-0.39, 0.29) is 25.0 Å². The van der Waals surface area contributed by atoms with Crippen LogP contribution in [-0.2, 0) is 12.8 Å². The number of H-pyrrole nitrogens is 2. The zero-order valence-electron chi connectivity index (χ0n) is 34.3. The molecule has 0 spiro atoms. The molecule has 2 fully saturated rings. The Morgan fingerprint density at radius 2 is 1.18 bits per heavy atom. The normalized spacial score (nSPS) is 16.5. The number of anilines is 2. The summed E-state index contributed by atoms with van der Waals surface area (Å²) in [6.07, 6.45) is 10.1. The molecule has 18 heteroatoms. The van der Waals surface area contributed by atoms with E-state index in [4.69, 9.17) is 33.2 Å². The number of alkyl halides is 2. The lowest BCUT2D eigenvalue weighted by atomic mass is 10.0. The van der Waals surface area contributed by atoms with Crippen molar-refractivity contribution in [1.82, 2.24) is 59.6 Å². The molecule has 14 nitrogen and oxygen atoms in total. The van der Waals surface area contributed by atoms with Gasteiger partial charge >= 0.3 is 0 Å². The predicted molar refractivity (Wildman–Crippen MR) is 240 cm³/mol. The molecule has 320 valence electrons. The Balaban J connectivity index is 0.000000158. The number of aromatic amines is 2. The van der Waals surface area contributed by atoms with Crippen molar-refractivity contribution in [3.63, 3.8) is 0 Å². The molecule has 0 bridgehead atoms. The highest BCUT2D eigenvalue weighted by molar-refractivity contribution is 6.36. The Hall–Kier alpha value is -5.68. The standard InChI is InChI=1S/C22H22ClF2N7.C22H24ClN7/c1-13(30-21-19-20(27-11-26-19)28-12-29-21)17-9-14-3-2-4-15(23)18(14)16(31-17)5-7-32-8-6-22(24,25)10-32;1-14(28-22-20-21(25-12-24-20)26-13-27-22)18-11-15-5-4-6-16(23)19(15)17(29-18)7-10-30-8-2-3-9-30/h2-4,9,11-13H,5-8,10H2,1H3,(H2,26,27,28,29,30);4-6,11-14H,2-3,7-10H2,1H3,(H2,24,25,26,27,28)/t13-;14-/m00/s1. The number of nitrogens with zero attached hydrogens (tertiary/aromatic N) is 10. The third kappa shape index (κ3) is 9.09. The molecule has 2 aliphatic heterocycles. The van der Waals surface area contributed by atoms with E-state index in [2.05, 4.69) is 74.5 Å². The molecule has 2 aromatic carbocycles. The second-order valence-electron chi connectivity index (χ2n) is 16.0. The van der Waals surface area contributed by atoms with E-state index in [1.54, 1.807) is 17.6 Å². The van der Waals surface area contributed by atoms with Crippen molar-refractivity contribution in [1.29, 1.82) is 0 Å². The zero-order valence-corrected chi connectivity index (χ0v) is 35.9. The third-order valence-corrected chi connectivity index (χ3v) is 12.3. The molecule has 4 N–H and O–H groups in total. The SMILES string of the molecule is C[C@H](Nc1ncnc2nc[nH]c12)c1cc2cccc(Cl)c2c(CCN2CCC(F)(F)C2)n1.C[C@H](Nc1ncnc2nc[nH]c12)c1cc2cccc(Cl)c2c(CCN2CCCC2)n1. The second kappa shape index (κ2) is 18.0. The van der Waals surface area contributed by atoms with Gasteiger partial charge in [-0.3, -0.25) is 14.9 Å². The Labute approximate surface area is 366 Å². The Morgan fingerprint density at radius 1 is 0.677 bits per heavy atom. The van der Waals surface area contributed by atoms with Crippen molar-refractivity contribution in [3.8, 4) is 0 Å². The van der Waals surface area contributed by atoms with E-state index in [1.165, 1.54) is 38.6 Å². The van der Waals surface area contributed by atoms with Crippen LogP contribution in [0.5, 0.6) is 0 Å². The van der Waals surface area contributed by atoms with Crippen molar-refractivity contribution >= 4 is 78.7 Å². The van der Waals surface area contributed by atoms with Gasteiger partial charge in [-0.1, -0.05) is 47.5 Å². The number of aromatic nitrogens is 10. The van der Waals surface area contributed by atoms with E-state index < -0.39 is 5.92 Å². The van der Waals surface area contributed by atoms with Crippen molar-refractivity contribution in [2.75, 3.05) is 49.9 Å². The smallest absolute Gasteiger partial charge is 0.261 e. The van der Waals surface area contributed by atoms with E-state index in [9.17, 15) is 8.78 Å². The number of benzene rings is 2. The average molecular weight is 880 g/mol. The summed E-state index contributed by atoms with van der Waals surface area (Å²) < 4.78 is 27.2. The minimum Gasteiger partial charge on any atom is -0.360 e. The average Bonchev–Trinajstić information content (AvgIpc) is 4.11. The van der Waals surface area contributed by atoms with Gasteiger partial charge in [-0.15, -0.1) is 0 Å². The van der Waals surface area contributed by atoms with Crippen molar-refractivity contribution in [3.05, 3.63) is 107 Å². The molecule has 0 unspecified atom stereocenters. The van der Waals surface area contributed by atoms with Crippen LogP contribution in [0.15, 0.2) is 73.8 Å². The highest BCUT2D eigenvalue weighted by Gasteiger charge is 2.37. The molecular formula is C44H46Cl2F2N14. The lowest BCUT2D eigenvalue weighted by molar-refractivity contribution is 0.0123. The number of nitrogens with one attached hydrogen (secondary N) is 4. The molecule has 0 radical (unpaired) electrons. The summed E-state index contributed by atoms with van der Waals surface area (Å²) in [5.74, 6) is -1.26. The maximum Gasteiger partial charge on any atom is 0.261 e. The summed E-state index contributed by atoms with van der Waals surface area (Å²) in [6.45, 7) is 8.15. The summed E-state index contributed by atoms with van der Waals surface area (Å²) in [7, 11) is 0. The number of likely N-dealkylation sites (tertiary alicyclic amines) is 2. The zero-order chi connectivity index (χ0) is 42.8. The fourth-order valence-electron chi connectivity index (χ4n) is 8.38. The first-order chi connectivity index (χ1) is 30.1. The lowest BCUT2D eigenvalue weighted by Gasteiger charge is -2.19. The van der Waals surface area contributed by atoms with Crippen molar-refractivity contribution in [2.45, 2.75) is 64.0 Å². The van der Waals surface area contributed by atoms with Gasteiger partial charge in [0.05, 0.1) is 64.1 Å². The van der Waals surface area contributed by atoms with Gasteiger partial charge in [-0.25, -0.2) is 38.7 Å². The van der Waals surface area contributed by atoms with E-state index >= 15 is 0 Å². The first kappa shape index (κ1) is 41.7. The molecule has 8 heterocycles. The molecular weight excluding hydrogens is 833 g/mol. The van der Waals surface area contributed by atoms with Crippen molar-refractivity contribution < 1.29 is 8.78 Å². The topological polar surface area (TPSA) is 165 Å². The van der Waals surface area contributed by atoms with Gasteiger partial charge in [0.25, 0.3) is 5.92 Å². The number of hydrogen-bond donors (Lipinski definition) is 4. The van der Waals surface area contributed by atoms with Gasteiger partial charge < -0.3 is 25.5 Å². The molecule has 62 heavy (non-hydrogen) atoms. The highest BCUT2D eigenvalue weighted by atomic mass is 35.5. The van der Waals surface area contributed by atoms with Gasteiger partial charge in [0, 0.05) is 49.7 Å². The molecule has 2 aliphatic rings. The number of pyridine rings is 2. The number of halogens is 4. The van der Waals surface area contributed by atoms with Crippen LogP contribution >= 0.6 is 23.2 Å². The minimum absolute atomic E-state index is 0.0414. The molecule has 8 aromatic rings. The quantitative estimate of drug-likeness (QED) is 0.0922. The number of rotatable bonds is 12. The Kier molecular flexibility index (Phi) is 12.1. The Bertz CT molecular complexity index is 2840. The Morgan fingerprint density at radius 3 is 1.66 bits per heavy atom. The van der Waals surface area contributed by atoms with Crippen LogP contribution in [-0.4, -0.2) is 105 Å². The number of fused-ring (bicyclic) bond motifs is 4. The summed E-state index contributed by atoms with van der Waals surface area (Å²) >= 11 is 13.1. The predicted octanol–water partition coefficient (Wildman–Crippen LogP) is 8.98. The first-order valence-electron chi connectivity index (χ1n) is 20.9. The molecule has 2 saturated heterocycles. The first-order valence-corrected chi connectivity index (χ1v) is 21.6. The molecule has 6 aromatic heterocycles. The fourth-order valence-corrected chi connectivity index (χ4v) is 8.96. The maximum absolute atomic E-state index is 13.6. The monoisotopic (exact) mass is 878 g/mol. The molecule has 2 atom stereocenters. The van der Waals surface area contributed by atoms with Crippen LogP contribution in [0.3, 0.4) is 0 Å². The van der Waals surface area contributed by atoms with Crippen LogP contribution in [0.4, 0.5) is 20.4 Å². The van der Waals surface area contributed by atoms with Crippen LogP contribution in [0.25, 0.3) is 43.9 Å². The van der Waals surface area contributed by atoms with E-state index in [1.807, 2.05) is 43.3 Å². The van der Waals surface area contributed by atoms with Gasteiger partial charge in [0.15, 0.2) is 22.9 Å². The largest absolute Gasteiger partial charge is 0.360 e. The number of imidazole rings is 2. The number of hydrogen-bond acceptors (Lipinski definition) is 12. The molecule has 0 amide bonds. The molecule has 0 aliphatic carbocycles. The van der Waals surface area contributed by atoms with Gasteiger partial charge in [0.2, 0.25) is 0 Å². The summed E-state index contributed by atoms with van der Waals surface area (Å²) in [5, 5.41) is 12.2. The lowest BCUT2D eigenvalue weighted by Crippen LogP contribution is -2.27. The van der Waals surface area contributed by atoms with Crippen LogP contribution < -0.4 is 10.6 Å². The minimum atomic E-state index is -2.61. The molecule has 0 saturated carbocycles. The highest BCUT2D eigenvalue weighted by Crippen LogP contribution is 2.33. The van der Waals surface area contributed by atoms with E-state index in [0.29, 0.717) is 41.6 Å². The van der Waals surface area contributed by atoms with E-state index in [0.717, 1.165) is 79.2 Å². The van der Waals surface area contributed by atoms with Crippen LogP contribution in [0.2, 0.25) is 10.0 Å². The van der Waals surface area contributed by atoms with Crippen LogP contribution in [0, 0.1) is 0 Å². The summed E-state index contributed by atoms with van der Waals surface area (Å²) in [6, 6.07) is 15.7. The van der Waals surface area contributed by atoms with Crippen LogP contribution in [0.1, 0.15) is 68.0 Å². The summed E-state index contributed by atoms with van der Waals surface area (Å²) in [5.41, 5.74) is 6.38. The fraction of sp³-hybridized carbons (Fsp3) is 0.364. The van der Waals surface area contributed by atoms with Gasteiger partial charge in [0.1, 0.15) is 23.7 Å². The second-order valence-corrected chi connectivity index (χ2v) is 16.8.